The van der Waals surface area contributed by atoms with E-state index < -0.39 is 10.0 Å². The van der Waals surface area contributed by atoms with Gasteiger partial charge in [-0.1, -0.05) is 34.1 Å². The van der Waals surface area contributed by atoms with E-state index in [4.69, 9.17) is 4.74 Å². The van der Waals surface area contributed by atoms with E-state index in [1.807, 2.05) is 31.2 Å². The number of sulfonamides is 1. The molecule has 1 saturated heterocycles. The lowest BCUT2D eigenvalue weighted by atomic mass is 10.1. The number of rotatable bonds is 6. The van der Waals surface area contributed by atoms with E-state index in [9.17, 15) is 13.2 Å². The van der Waals surface area contributed by atoms with E-state index in [2.05, 4.69) is 26.1 Å². The third kappa shape index (κ3) is 5.28. The molecule has 2 aromatic rings. The van der Waals surface area contributed by atoms with E-state index in [1.165, 1.54) is 26.2 Å². The molecule has 1 aliphatic heterocycles. The fraction of sp³-hybridized carbons (Fsp3) is 0.381. The maximum absolute atomic E-state index is 12.8. The van der Waals surface area contributed by atoms with E-state index in [0.29, 0.717) is 25.4 Å². The van der Waals surface area contributed by atoms with Gasteiger partial charge in [-0.05, 0) is 42.8 Å². The number of amides is 1. The smallest absolute Gasteiger partial charge is 0.242 e. The lowest BCUT2D eigenvalue weighted by Crippen LogP contribution is -2.48. The first-order valence-electron chi connectivity index (χ1n) is 9.63. The summed E-state index contributed by atoms with van der Waals surface area (Å²) in [5.41, 5.74) is 1.52. The molecular weight excluding hydrogens is 470 g/mol. The Hall–Kier alpha value is -1.78. The largest absolute Gasteiger partial charge is 0.371 e. The third-order valence-electron chi connectivity index (χ3n) is 5.15. The number of carbonyl (C=O) groups excluding carboxylic acids is 1. The zero-order valence-corrected chi connectivity index (χ0v) is 19.6. The predicted octanol–water partition coefficient (Wildman–Crippen LogP) is 3.10. The van der Waals surface area contributed by atoms with Gasteiger partial charge in [-0.15, -0.1) is 0 Å². The number of carbonyl (C=O) groups is 1. The number of hydrogen-bond acceptors (Lipinski definition) is 5. The summed E-state index contributed by atoms with van der Waals surface area (Å²) in [5, 5.41) is 2.84. The zero-order chi connectivity index (χ0) is 21.9. The molecule has 0 aromatic heterocycles. The topological polar surface area (TPSA) is 79.0 Å². The Morgan fingerprint density at radius 1 is 1.23 bits per heavy atom. The molecule has 30 heavy (non-hydrogen) atoms. The molecule has 1 amide bonds. The van der Waals surface area contributed by atoms with Gasteiger partial charge >= 0.3 is 0 Å². The molecule has 0 aliphatic carbocycles. The van der Waals surface area contributed by atoms with Crippen LogP contribution in [0.5, 0.6) is 0 Å². The number of anilines is 1. The summed E-state index contributed by atoms with van der Waals surface area (Å²) in [4.78, 5) is 15.0. The number of nitrogens with zero attached hydrogens (tertiary/aromatic N) is 2. The SMILES string of the molecule is CC(C(=O)Nc1cccc(S(=O)(=O)N(C)C)c1)N1CCOC(c2ccc(Br)cc2)C1. The Morgan fingerprint density at radius 2 is 1.93 bits per heavy atom. The molecule has 7 nitrogen and oxygen atoms in total. The Morgan fingerprint density at radius 3 is 2.60 bits per heavy atom. The first-order valence-corrected chi connectivity index (χ1v) is 11.9. The van der Waals surface area contributed by atoms with Gasteiger partial charge in [-0.2, -0.15) is 0 Å². The van der Waals surface area contributed by atoms with Crippen molar-refractivity contribution < 1.29 is 17.9 Å². The number of hydrogen-bond donors (Lipinski definition) is 1. The fourth-order valence-electron chi connectivity index (χ4n) is 3.26. The van der Waals surface area contributed by atoms with Crippen LogP contribution < -0.4 is 5.32 Å². The normalized spacial score (nSPS) is 18.9. The van der Waals surface area contributed by atoms with Crippen LogP contribution in [-0.4, -0.2) is 63.4 Å². The van der Waals surface area contributed by atoms with Gasteiger partial charge < -0.3 is 10.1 Å². The molecule has 2 aromatic carbocycles. The van der Waals surface area contributed by atoms with Gasteiger partial charge in [-0.3, -0.25) is 9.69 Å². The van der Waals surface area contributed by atoms with Gasteiger partial charge in [-0.25, -0.2) is 12.7 Å². The van der Waals surface area contributed by atoms with Gasteiger partial charge in [0.15, 0.2) is 0 Å². The Labute approximate surface area is 186 Å². The van der Waals surface area contributed by atoms with E-state index in [-0.39, 0.29) is 22.9 Å². The van der Waals surface area contributed by atoms with Crippen molar-refractivity contribution in [3.8, 4) is 0 Å². The van der Waals surface area contributed by atoms with Crippen LogP contribution in [0.2, 0.25) is 0 Å². The molecule has 1 heterocycles. The fourth-order valence-corrected chi connectivity index (χ4v) is 4.47. The maximum Gasteiger partial charge on any atom is 0.242 e. The summed E-state index contributed by atoms with van der Waals surface area (Å²) in [6.45, 7) is 3.64. The van der Waals surface area contributed by atoms with Crippen LogP contribution in [0.3, 0.4) is 0 Å². The Kier molecular flexibility index (Phi) is 7.30. The van der Waals surface area contributed by atoms with Crippen LogP contribution in [0.15, 0.2) is 57.9 Å². The summed E-state index contributed by atoms with van der Waals surface area (Å²) in [6.07, 6.45) is -0.101. The van der Waals surface area contributed by atoms with Crippen LogP contribution in [0.25, 0.3) is 0 Å². The van der Waals surface area contributed by atoms with Crippen molar-refractivity contribution in [1.29, 1.82) is 0 Å². The second-order valence-electron chi connectivity index (χ2n) is 7.39. The van der Waals surface area contributed by atoms with Crippen molar-refractivity contribution in [2.45, 2.75) is 24.0 Å². The van der Waals surface area contributed by atoms with Crippen LogP contribution >= 0.6 is 15.9 Å². The number of ether oxygens (including phenoxy) is 1. The highest BCUT2D eigenvalue weighted by Gasteiger charge is 2.29. The molecule has 1 fully saturated rings. The summed E-state index contributed by atoms with van der Waals surface area (Å²) < 4.78 is 32.7. The average Bonchev–Trinajstić information content (AvgIpc) is 2.74. The minimum atomic E-state index is -3.57. The van der Waals surface area contributed by atoms with Crippen molar-refractivity contribution >= 4 is 37.5 Å². The summed E-state index contributed by atoms with van der Waals surface area (Å²) >= 11 is 3.44. The standard InChI is InChI=1S/C21H26BrN3O4S/c1-15(25-11-12-29-20(14-25)16-7-9-17(22)10-8-16)21(26)23-18-5-4-6-19(13-18)30(27,28)24(2)3/h4-10,13,15,20H,11-12,14H2,1-3H3,(H,23,26). The Balaban J connectivity index is 1.68. The number of morpholine rings is 1. The third-order valence-corrected chi connectivity index (χ3v) is 7.49. The molecule has 1 aliphatic rings. The van der Waals surface area contributed by atoms with Gasteiger partial charge in [0.25, 0.3) is 0 Å². The first kappa shape index (κ1) is 22.9. The van der Waals surface area contributed by atoms with Crippen molar-refractivity contribution in [2.75, 3.05) is 39.1 Å². The van der Waals surface area contributed by atoms with E-state index in [0.717, 1.165) is 14.3 Å². The number of nitrogens with one attached hydrogen (secondary N) is 1. The van der Waals surface area contributed by atoms with Crippen LogP contribution in [0, 0.1) is 0 Å². The molecule has 2 atom stereocenters. The monoisotopic (exact) mass is 495 g/mol. The zero-order valence-electron chi connectivity index (χ0n) is 17.2. The van der Waals surface area contributed by atoms with Crippen LogP contribution in [-0.2, 0) is 19.6 Å². The summed E-state index contributed by atoms with van der Waals surface area (Å²) in [7, 11) is -0.615. The van der Waals surface area contributed by atoms with E-state index >= 15 is 0 Å². The molecule has 0 bridgehead atoms. The predicted molar refractivity (Wildman–Crippen MR) is 120 cm³/mol. The molecule has 0 spiro atoms. The molecule has 162 valence electrons. The van der Waals surface area contributed by atoms with Crippen molar-refractivity contribution in [2.24, 2.45) is 0 Å². The molecule has 0 saturated carbocycles. The minimum Gasteiger partial charge on any atom is -0.371 e. The molecule has 2 unspecified atom stereocenters. The van der Waals surface area contributed by atoms with Gasteiger partial charge in [0.1, 0.15) is 0 Å². The summed E-state index contributed by atoms with van der Waals surface area (Å²) in [5.74, 6) is -0.189. The van der Waals surface area contributed by atoms with Gasteiger partial charge in [0.05, 0.1) is 23.6 Å². The van der Waals surface area contributed by atoms with Gasteiger partial charge in [0, 0.05) is 37.3 Å². The molecule has 0 radical (unpaired) electrons. The van der Waals surface area contributed by atoms with Gasteiger partial charge in [0.2, 0.25) is 15.9 Å². The molecular formula is C21H26BrN3O4S. The second-order valence-corrected chi connectivity index (χ2v) is 10.5. The summed E-state index contributed by atoms with van der Waals surface area (Å²) in [6, 6.07) is 13.9. The van der Waals surface area contributed by atoms with Crippen molar-refractivity contribution in [1.82, 2.24) is 9.21 Å². The maximum atomic E-state index is 12.8. The molecule has 3 rings (SSSR count). The lowest BCUT2D eigenvalue weighted by molar-refractivity contribution is -0.124. The first-order chi connectivity index (χ1) is 14.2. The number of benzene rings is 2. The number of halogens is 1. The minimum absolute atomic E-state index is 0.101. The van der Waals surface area contributed by atoms with Crippen molar-refractivity contribution in [3.05, 3.63) is 58.6 Å². The lowest BCUT2D eigenvalue weighted by Gasteiger charge is -2.36. The van der Waals surface area contributed by atoms with Crippen LogP contribution in [0.4, 0.5) is 5.69 Å². The Bertz CT molecular complexity index is 996. The van der Waals surface area contributed by atoms with Crippen molar-refractivity contribution in [3.63, 3.8) is 0 Å². The molecule has 1 N–H and O–H groups in total. The average molecular weight is 496 g/mol. The van der Waals surface area contributed by atoms with Crippen LogP contribution in [0.1, 0.15) is 18.6 Å². The quantitative estimate of drug-likeness (QED) is 0.665. The second kappa shape index (κ2) is 9.57. The highest BCUT2D eigenvalue weighted by Crippen LogP contribution is 2.25. The highest BCUT2D eigenvalue weighted by atomic mass is 79.9. The molecule has 9 heteroatoms. The highest BCUT2D eigenvalue weighted by molar-refractivity contribution is 9.10. The van der Waals surface area contributed by atoms with E-state index in [1.54, 1.807) is 12.1 Å².